The Labute approximate surface area is 120 Å². The van der Waals surface area contributed by atoms with Gasteiger partial charge in [0.05, 0.1) is 0 Å². The molecule has 0 bridgehead atoms. The molecule has 8 heteroatoms. The second kappa shape index (κ2) is 5.31. The molecule has 0 spiro atoms. The summed E-state index contributed by atoms with van der Waals surface area (Å²) in [6, 6.07) is 6.71. The van der Waals surface area contributed by atoms with Gasteiger partial charge in [0.2, 0.25) is 5.91 Å². The Kier molecular flexibility index (Phi) is 3.35. The van der Waals surface area contributed by atoms with Gasteiger partial charge in [0.15, 0.2) is 0 Å². The molecule has 2 amide bonds. The number of H-pyrrole nitrogens is 1. The Bertz CT molecular complexity index is 669. The molecule has 3 N–H and O–H groups in total. The number of carbonyl (C=O) groups excluding carboxylic acids is 2. The number of nitrogens with zero attached hydrogens (tertiary/aromatic N) is 3. The summed E-state index contributed by atoms with van der Waals surface area (Å²) in [4.78, 5) is 23.9. The van der Waals surface area contributed by atoms with Crippen LogP contribution in [-0.4, -0.2) is 32.4 Å². The minimum absolute atomic E-state index is 0.00164. The van der Waals surface area contributed by atoms with Crippen LogP contribution in [0.25, 0.3) is 0 Å². The van der Waals surface area contributed by atoms with Crippen molar-refractivity contribution in [1.29, 1.82) is 0 Å². The van der Waals surface area contributed by atoms with Crippen molar-refractivity contribution in [1.82, 2.24) is 20.6 Å². The molecule has 1 aromatic heterocycles. The largest absolute Gasteiger partial charge is 0.326 e. The Balaban J connectivity index is 1.67. The van der Waals surface area contributed by atoms with Crippen molar-refractivity contribution in [3.05, 3.63) is 29.8 Å². The van der Waals surface area contributed by atoms with E-state index in [4.69, 9.17) is 0 Å². The fourth-order valence-corrected chi connectivity index (χ4v) is 2.05. The summed E-state index contributed by atoms with van der Waals surface area (Å²) in [6.07, 6.45) is 0.920. The fraction of sp³-hybridized carbons (Fsp3) is 0.308. The topological polar surface area (TPSA) is 113 Å². The number of aromatic amines is 1. The van der Waals surface area contributed by atoms with E-state index < -0.39 is 0 Å². The number of benzene rings is 1. The standard InChI is InChI=1S/C13H14N6O2/c1-7-5-10(7)12(21)14-9-4-2-3-8(6-9)11(20)15-13-16-18-19-17-13/h2-4,6-7,10H,5H2,1H3,(H,14,21)(H2,15,16,17,18,19,20)/t7-,10-/m0/s1. The van der Waals surface area contributed by atoms with Crippen molar-refractivity contribution in [2.24, 2.45) is 11.8 Å². The van der Waals surface area contributed by atoms with E-state index in [1.165, 1.54) is 0 Å². The fourth-order valence-electron chi connectivity index (χ4n) is 2.05. The highest BCUT2D eigenvalue weighted by atomic mass is 16.2. The van der Waals surface area contributed by atoms with Gasteiger partial charge in [0, 0.05) is 17.2 Å². The lowest BCUT2D eigenvalue weighted by atomic mass is 10.2. The van der Waals surface area contributed by atoms with Gasteiger partial charge in [0.1, 0.15) is 0 Å². The van der Waals surface area contributed by atoms with E-state index in [9.17, 15) is 9.59 Å². The van der Waals surface area contributed by atoms with Gasteiger partial charge in [-0.2, -0.15) is 5.21 Å². The number of anilines is 2. The molecule has 3 rings (SSSR count). The number of aromatic nitrogens is 4. The molecule has 0 aliphatic heterocycles. The molecule has 1 aliphatic rings. The maximum absolute atomic E-state index is 12.0. The van der Waals surface area contributed by atoms with Gasteiger partial charge in [-0.15, -0.1) is 5.10 Å². The summed E-state index contributed by atoms with van der Waals surface area (Å²) < 4.78 is 0. The van der Waals surface area contributed by atoms with Crippen LogP contribution >= 0.6 is 0 Å². The van der Waals surface area contributed by atoms with E-state index >= 15 is 0 Å². The summed E-state index contributed by atoms with van der Waals surface area (Å²) >= 11 is 0. The van der Waals surface area contributed by atoms with E-state index in [0.717, 1.165) is 6.42 Å². The molecule has 0 saturated heterocycles. The molecule has 1 fully saturated rings. The van der Waals surface area contributed by atoms with Crippen LogP contribution in [0.1, 0.15) is 23.7 Å². The van der Waals surface area contributed by atoms with Gasteiger partial charge in [-0.3, -0.25) is 14.9 Å². The van der Waals surface area contributed by atoms with E-state index in [0.29, 0.717) is 17.2 Å². The normalized spacial score (nSPS) is 19.9. The number of nitrogens with one attached hydrogen (secondary N) is 3. The first-order valence-corrected chi connectivity index (χ1v) is 6.59. The van der Waals surface area contributed by atoms with Crippen molar-refractivity contribution in [2.75, 3.05) is 10.6 Å². The lowest BCUT2D eigenvalue weighted by Gasteiger charge is -2.06. The predicted octanol–water partition coefficient (Wildman–Crippen LogP) is 1.05. The van der Waals surface area contributed by atoms with Gasteiger partial charge >= 0.3 is 0 Å². The average Bonchev–Trinajstić information content (AvgIpc) is 2.98. The van der Waals surface area contributed by atoms with Crippen LogP contribution in [0.15, 0.2) is 24.3 Å². The smallest absolute Gasteiger partial charge is 0.270 e. The molecule has 8 nitrogen and oxygen atoms in total. The van der Waals surface area contributed by atoms with Gasteiger partial charge in [-0.05, 0) is 35.8 Å². The molecule has 2 aromatic rings. The first kappa shape index (κ1) is 13.2. The highest BCUT2D eigenvalue weighted by molar-refractivity contribution is 6.04. The molecule has 0 unspecified atom stereocenters. The SMILES string of the molecule is C[C@H]1C[C@@H]1C(=O)Nc1cccc(C(=O)Nc2nn[nH]n2)c1. The van der Waals surface area contributed by atoms with Gasteiger partial charge in [-0.25, -0.2) is 0 Å². The second-order valence-corrected chi connectivity index (χ2v) is 5.08. The second-order valence-electron chi connectivity index (χ2n) is 5.08. The quantitative estimate of drug-likeness (QED) is 0.777. The number of rotatable bonds is 4. The monoisotopic (exact) mass is 286 g/mol. The highest BCUT2D eigenvalue weighted by Gasteiger charge is 2.39. The zero-order chi connectivity index (χ0) is 14.8. The molecule has 21 heavy (non-hydrogen) atoms. The first-order valence-electron chi connectivity index (χ1n) is 6.59. The zero-order valence-corrected chi connectivity index (χ0v) is 11.3. The minimum Gasteiger partial charge on any atom is -0.326 e. The third-order valence-electron chi connectivity index (χ3n) is 3.41. The summed E-state index contributed by atoms with van der Waals surface area (Å²) in [5.74, 6) is 0.253. The van der Waals surface area contributed by atoms with Crippen LogP contribution in [0.4, 0.5) is 11.6 Å². The molecule has 2 atom stereocenters. The van der Waals surface area contributed by atoms with Crippen molar-refractivity contribution < 1.29 is 9.59 Å². The van der Waals surface area contributed by atoms with Crippen molar-refractivity contribution in [3.8, 4) is 0 Å². The average molecular weight is 286 g/mol. The van der Waals surface area contributed by atoms with Crippen molar-refractivity contribution in [3.63, 3.8) is 0 Å². The van der Waals surface area contributed by atoms with Gasteiger partial charge < -0.3 is 5.32 Å². The number of hydrogen-bond acceptors (Lipinski definition) is 5. The molecular weight excluding hydrogens is 272 g/mol. The minimum atomic E-state index is -0.368. The van der Waals surface area contributed by atoms with Crippen LogP contribution in [0.2, 0.25) is 0 Å². The maximum Gasteiger partial charge on any atom is 0.270 e. The zero-order valence-electron chi connectivity index (χ0n) is 11.3. The number of amides is 2. The summed E-state index contributed by atoms with van der Waals surface area (Å²) in [5.41, 5.74) is 1.00. The van der Waals surface area contributed by atoms with Gasteiger partial charge in [-0.1, -0.05) is 18.1 Å². The van der Waals surface area contributed by atoms with Gasteiger partial charge in [0.25, 0.3) is 11.9 Å². The molecule has 1 aromatic carbocycles. The number of hydrogen-bond donors (Lipinski definition) is 3. The van der Waals surface area contributed by atoms with Crippen molar-refractivity contribution in [2.45, 2.75) is 13.3 Å². The summed E-state index contributed by atoms with van der Waals surface area (Å²) in [7, 11) is 0. The first-order chi connectivity index (χ1) is 10.1. The van der Waals surface area contributed by atoms with Crippen LogP contribution in [0.5, 0.6) is 0 Å². The molecule has 1 saturated carbocycles. The Morgan fingerprint density at radius 3 is 2.81 bits per heavy atom. The molecule has 108 valence electrons. The van der Waals surface area contributed by atoms with E-state index in [2.05, 4.69) is 31.3 Å². The summed E-state index contributed by atoms with van der Waals surface area (Å²) in [6.45, 7) is 2.04. The van der Waals surface area contributed by atoms with Crippen LogP contribution in [0.3, 0.4) is 0 Å². The predicted molar refractivity (Wildman–Crippen MR) is 74.5 cm³/mol. The highest BCUT2D eigenvalue weighted by Crippen LogP contribution is 2.38. The Morgan fingerprint density at radius 2 is 2.14 bits per heavy atom. The number of tetrazole rings is 1. The molecule has 0 radical (unpaired) electrons. The molecular formula is C13H14N6O2. The van der Waals surface area contributed by atoms with Crippen LogP contribution in [-0.2, 0) is 4.79 Å². The third kappa shape index (κ3) is 3.04. The Hall–Kier alpha value is -2.77. The maximum atomic E-state index is 12.0. The van der Waals surface area contributed by atoms with Crippen molar-refractivity contribution >= 4 is 23.5 Å². The lowest BCUT2D eigenvalue weighted by molar-refractivity contribution is -0.117. The van der Waals surface area contributed by atoms with Crippen LogP contribution in [0, 0.1) is 11.8 Å². The molecule has 1 heterocycles. The van der Waals surface area contributed by atoms with E-state index in [1.807, 2.05) is 6.92 Å². The van der Waals surface area contributed by atoms with E-state index in [-0.39, 0.29) is 23.7 Å². The Morgan fingerprint density at radius 1 is 1.33 bits per heavy atom. The van der Waals surface area contributed by atoms with E-state index in [1.54, 1.807) is 24.3 Å². The lowest BCUT2D eigenvalue weighted by Crippen LogP contribution is -2.16. The van der Waals surface area contributed by atoms with Crippen LogP contribution < -0.4 is 10.6 Å². The summed E-state index contributed by atoms with van der Waals surface area (Å²) in [5, 5.41) is 18.2. The third-order valence-corrected chi connectivity index (χ3v) is 3.41. The molecule has 1 aliphatic carbocycles. The number of carbonyl (C=O) groups is 2.